The summed E-state index contributed by atoms with van der Waals surface area (Å²) >= 11 is 0. The number of benzene rings is 1. The number of carbonyl (C=O) groups excluding carboxylic acids is 3. The molecule has 0 aliphatic heterocycles. The zero-order valence-corrected chi connectivity index (χ0v) is 14.9. The molecule has 2 N–H and O–H groups in total. The van der Waals surface area contributed by atoms with Gasteiger partial charge >= 0.3 is 11.9 Å². The van der Waals surface area contributed by atoms with Crippen molar-refractivity contribution >= 4 is 29.2 Å². The Hall–Kier alpha value is -2.77. The highest BCUT2D eigenvalue weighted by Crippen LogP contribution is 2.37. The van der Waals surface area contributed by atoms with Crippen LogP contribution in [0.1, 0.15) is 34.1 Å². The molecule has 0 atom stereocenters. The van der Waals surface area contributed by atoms with Crippen LogP contribution in [0.5, 0.6) is 11.5 Å². The van der Waals surface area contributed by atoms with Crippen molar-refractivity contribution in [2.75, 3.05) is 30.5 Å². The third-order valence-electron chi connectivity index (χ3n) is 2.99. The molecule has 0 fully saturated rings. The van der Waals surface area contributed by atoms with Crippen LogP contribution in [0.25, 0.3) is 0 Å². The number of nitrogens with one attached hydrogen (secondary N) is 2. The first-order valence-electron chi connectivity index (χ1n) is 8.18. The van der Waals surface area contributed by atoms with E-state index in [1.807, 2.05) is 0 Å². The molecule has 1 aromatic rings. The lowest BCUT2D eigenvalue weighted by molar-refractivity contribution is -0.152. The number of hydrogen-bond acceptors (Lipinski definition) is 6. The van der Waals surface area contributed by atoms with Crippen molar-refractivity contribution in [2.45, 2.75) is 34.1 Å². The molecule has 0 radical (unpaired) electrons. The maximum atomic E-state index is 11.9. The van der Waals surface area contributed by atoms with E-state index in [0.29, 0.717) is 36.8 Å². The van der Waals surface area contributed by atoms with E-state index in [4.69, 9.17) is 9.47 Å². The summed E-state index contributed by atoms with van der Waals surface area (Å²) in [4.78, 5) is 35.1. The van der Waals surface area contributed by atoms with Crippen LogP contribution < -0.4 is 20.1 Å². The van der Waals surface area contributed by atoms with Crippen molar-refractivity contribution in [3.63, 3.8) is 0 Å². The summed E-state index contributed by atoms with van der Waals surface area (Å²) in [5.41, 5.74) is 0.670. The van der Waals surface area contributed by atoms with Gasteiger partial charge in [-0.15, -0.1) is 0 Å². The van der Waals surface area contributed by atoms with Crippen LogP contribution in [0.2, 0.25) is 0 Å². The molecule has 0 aliphatic carbocycles. The highest BCUT2D eigenvalue weighted by molar-refractivity contribution is 6.37. The number of amides is 2. The summed E-state index contributed by atoms with van der Waals surface area (Å²) in [7, 11) is 0. The lowest BCUT2D eigenvalue weighted by Gasteiger charge is -2.17. The lowest BCUT2D eigenvalue weighted by atomic mass is 10.2. The van der Waals surface area contributed by atoms with E-state index < -0.39 is 11.9 Å². The Morgan fingerprint density at radius 3 is 1.80 bits per heavy atom. The van der Waals surface area contributed by atoms with Gasteiger partial charge in [-0.3, -0.25) is 9.59 Å². The van der Waals surface area contributed by atoms with Gasteiger partial charge in [-0.2, -0.15) is 0 Å². The fourth-order valence-corrected chi connectivity index (χ4v) is 1.91. The Kier molecular flexibility index (Phi) is 8.25. The standard InChI is InChI=1S/C17H24N2O6/c1-5-15(20)18-11-9-14(24-7-3)12(10-13(11)23-6-2)19-16(21)17(22)25-8-4/h9-10H,5-8H2,1-4H3,(H,18,20)(H,19,21). The molecular formula is C17H24N2O6. The zero-order chi connectivity index (χ0) is 18.8. The molecule has 1 rings (SSSR count). The molecule has 0 aromatic heterocycles. The minimum atomic E-state index is -0.994. The largest absolute Gasteiger partial charge is 0.492 e. The van der Waals surface area contributed by atoms with Gasteiger partial charge in [-0.25, -0.2) is 4.79 Å². The van der Waals surface area contributed by atoms with Gasteiger partial charge < -0.3 is 24.8 Å². The second-order valence-electron chi connectivity index (χ2n) is 4.79. The van der Waals surface area contributed by atoms with Crippen molar-refractivity contribution < 1.29 is 28.6 Å². The third kappa shape index (κ3) is 5.98. The maximum absolute atomic E-state index is 11.9. The number of hydrogen-bond donors (Lipinski definition) is 2. The third-order valence-corrected chi connectivity index (χ3v) is 2.99. The van der Waals surface area contributed by atoms with Crippen LogP contribution in [0.15, 0.2) is 12.1 Å². The molecule has 8 heteroatoms. The molecule has 2 amide bonds. The van der Waals surface area contributed by atoms with Crippen LogP contribution in [-0.2, 0) is 19.1 Å². The Morgan fingerprint density at radius 1 is 0.840 bits per heavy atom. The fraction of sp³-hybridized carbons (Fsp3) is 0.471. The van der Waals surface area contributed by atoms with E-state index in [2.05, 4.69) is 15.4 Å². The fourth-order valence-electron chi connectivity index (χ4n) is 1.91. The van der Waals surface area contributed by atoms with Crippen LogP contribution in [0, 0.1) is 0 Å². The van der Waals surface area contributed by atoms with Crippen LogP contribution in [0.4, 0.5) is 11.4 Å². The maximum Gasteiger partial charge on any atom is 0.397 e. The van der Waals surface area contributed by atoms with E-state index in [1.165, 1.54) is 6.07 Å². The number of rotatable bonds is 8. The minimum Gasteiger partial charge on any atom is -0.492 e. The quantitative estimate of drug-likeness (QED) is 0.550. The minimum absolute atomic E-state index is 0.0940. The van der Waals surface area contributed by atoms with Gasteiger partial charge in [0.2, 0.25) is 5.91 Å². The van der Waals surface area contributed by atoms with Crippen molar-refractivity contribution in [1.82, 2.24) is 0 Å². The monoisotopic (exact) mass is 352 g/mol. The highest BCUT2D eigenvalue weighted by Gasteiger charge is 2.20. The molecule has 0 aliphatic rings. The topological polar surface area (TPSA) is 103 Å². The van der Waals surface area contributed by atoms with E-state index >= 15 is 0 Å². The van der Waals surface area contributed by atoms with E-state index in [1.54, 1.807) is 33.8 Å². The van der Waals surface area contributed by atoms with Gasteiger partial charge in [0.15, 0.2) is 0 Å². The Bertz CT molecular complexity index is 630. The SMILES string of the molecule is CCOC(=O)C(=O)Nc1cc(OCC)c(NC(=O)CC)cc1OCC. The smallest absolute Gasteiger partial charge is 0.397 e. The van der Waals surface area contributed by atoms with Crippen molar-refractivity contribution in [2.24, 2.45) is 0 Å². The van der Waals surface area contributed by atoms with Gasteiger partial charge in [-0.05, 0) is 20.8 Å². The first kappa shape index (κ1) is 20.3. The number of carbonyl (C=O) groups is 3. The Morgan fingerprint density at radius 2 is 1.36 bits per heavy atom. The van der Waals surface area contributed by atoms with E-state index in [0.717, 1.165) is 0 Å². The molecular weight excluding hydrogens is 328 g/mol. The Labute approximate surface area is 146 Å². The van der Waals surface area contributed by atoms with Crippen LogP contribution in [0.3, 0.4) is 0 Å². The van der Waals surface area contributed by atoms with Gasteiger partial charge in [-0.1, -0.05) is 6.92 Å². The molecule has 8 nitrogen and oxygen atoms in total. The van der Waals surface area contributed by atoms with Crippen molar-refractivity contribution in [3.05, 3.63) is 12.1 Å². The Balaban J connectivity index is 3.21. The molecule has 0 saturated carbocycles. The molecule has 1 aromatic carbocycles. The molecule has 0 bridgehead atoms. The highest BCUT2D eigenvalue weighted by atomic mass is 16.5. The molecule has 0 spiro atoms. The number of ether oxygens (including phenoxy) is 3. The van der Waals surface area contributed by atoms with Gasteiger partial charge in [0, 0.05) is 18.6 Å². The molecule has 25 heavy (non-hydrogen) atoms. The van der Waals surface area contributed by atoms with Crippen molar-refractivity contribution in [1.29, 1.82) is 0 Å². The average molecular weight is 352 g/mol. The summed E-state index contributed by atoms with van der Waals surface area (Å²) in [6, 6.07) is 3.04. The summed E-state index contributed by atoms with van der Waals surface area (Å²) < 4.78 is 15.7. The predicted octanol–water partition coefficient (Wildman–Crippen LogP) is 2.33. The van der Waals surface area contributed by atoms with Crippen LogP contribution >= 0.6 is 0 Å². The normalized spacial score (nSPS) is 9.92. The lowest BCUT2D eigenvalue weighted by Crippen LogP contribution is -2.25. The first-order valence-corrected chi connectivity index (χ1v) is 8.18. The number of esters is 1. The van der Waals surface area contributed by atoms with Gasteiger partial charge in [0.25, 0.3) is 0 Å². The molecule has 138 valence electrons. The second-order valence-corrected chi connectivity index (χ2v) is 4.79. The van der Waals surface area contributed by atoms with Crippen molar-refractivity contribution in [3.8, 4) is 11.5 Å². The zero-order valence-electron chi connectivity index (χ0n) is 14.9. The summed E-state index contributed by atoms with van der Waals surface area (Å²) in [5, 5.41) is 5.16. The average Bonchev–Trinajstić information content (AvgIpc) is 2.58. The van der Waals surface area contributed by atoms with E-state index in [9.17, 15) is 14.4 Å². The summed E-state index contributed by atoms with van der Waals surface area (Å²) in [5.74, 6) is -1.45. The molecule has 0 saturated heterocycles. The first-order chi connectivity index (χ1) is 12.0. The summed E-state index contributed by atoms with van der Waals surface area (Å²) in [6.07, 6.45) is 0.302. The van der Waals surface area contributed by atoms with Crippen LogP contribution in [-0.4, -0.2) is 37.6 Å². The second kappa shape index (κ2) is 10.2. The molecule has 0 unspecified atom stereocenters. The molecule has 0 heterocycles. The summed E-state index contributed by atoms with van der Waals surface area (Å²) in [6.45, 7) is 7.68. The predicted molar refractivity (Wildman–Crippen MR) is 93.0 cm³/mol. The van der Waals surface area contributed by atoms with E-state index in [-0.39, 0.29) is 18.2 Å². The number of anilines is 2. The van der Waals surface area contributed by atoms with Gasteiger partial charge in [0.1, 0.15) is 11.5 Å². The van der Waals surface area contributed by atoms with Gasteiger partial charge in [0.05, 0.1) is 31.2 Å².